The predicted octanol–water partition coefficient (Wildman–Crippen LogP) is 5.00. The third-order valence-corrected chi connectivity index (χ3v) is 11.6. The quantitative estimate of drug-likeness (QED) is 0.108. The van der Waals surface area contributed by atoms with Gasteiger partial charge in [-0.3, -0.25) is 24.0 Å². The molecule has 2 aliphatic rings. The summed E-state index contributed by atoms with van der Waals surface area (Å²) in [6.45, 7) is 11.7. The molecular formula is C47H77N7O10. The van der Waals surface area contributed by atoms with Gasteiger partial charge < -0.3 is 51.0 Å². The molecule has 17 nitrogen and oxygen atoms in total. The number of carbonyl (C=O) groups is 7. The Morgan fingerprint density at radius 2 is 1.36 bits per heavy atom. The highest BCUT2D eigenvalue weighted by molar-refractivity contribution is 5.96. The van der Waals surface area contributed by atoms with Crippen LogP contribution in [-0.4, -0.2) is 115 Å². The van der Waals surface area contributed by atoms with Crippen molar-refractivity contribution in [3.05, 3.63) is 35.9 Å². The Bertz CT molecular complexity index is 1650. The van der Waals surface area contributed by atoms with Gasteiger partial charge in [-0.25, -0.2) is 9.59 Å². The van der Waals surface area contributed by atoms with Crippen LogP contribution in [0.25, 0.3) is 0 Å². The number of carbonyl (C=O) groups excluding carboxylic acids is 7. The third kappa shape index (κ3) is 18.7. The molecule has 0 bridgehead atoms. The van der Waals surface area contributed by atoms with Gasteiger partial charge in [0.25, 0.3) is 0 Å². The molecule has 0 aromatic heterocycles. The summed E-state index contributed by atoms with van der Waals surface area (Å²) in [7, 11) is 1.60. The van der Waals surface area contributed by atoms with E-state index in [1.165, 1.54) is 4.90 Å². The fourth-order valence-electron chi connectivity index (χ4n) is 8.01. The van der Waals surface area contributed by atoms with Gasteiger partial charge in [-0.1, -0.05) is 109 Å². The molecule has 0 radical (unpaired) electrons. The van der Waals surface area contributed by atoms with Gasteiger partial charge in [0.2, 0.25) is 29.5 Å². The first-order valence-corrected chi connectivity index (χ1v) is 23.4. The number of alkyl carbamates (subject to hydrolysis) is 2. The third-order valence-electron chi connectivity index (χ3n) is 11.6. The molecular weight excluding hydrogens is 823 g/mol. The topological polar surface area (TPSA) is 223 Å². The highest BCUT2D eigenvalue weighted by Gasteiger charge is 2.39. The van der Waals surface area contributed by atoms with E-state index in [-0.39, 0.29) is 25.0 Å². The molecule has 1 saturated carbocycles. The maximum absolute atomic E-state index is 14.6. The molecule has 1 aromatic carbocycles. The smallest absolute Gasteiger partial charge is 0.407 e. The second-order valence-electron chi connectivity index (χ2n) is 18.4. The molecule has 1 saturated heterocycles. The number of rotatable bonds is 14. The molecule has 6 N–H and O–H groups in total. The molecule has 17 heteroatoms. The minimum Gasteiger partial charge on any atom is -0.445 e. The summed E-state index contributed by atoms with van der Waals surface area (Å²) in [6, 6.07) is 3.53. The monoisotopic (exact) mass is 900 g/mol. The lowest BCUT2D eigenvalue weighted by atomic mass is 9.90. The largest absolute Gasteiger partial charge is 0.445 e. The summed E-state index contributed by atoms with van der Waals surface area (Å²) in [6.07, 6.45) is 7.93. The zero-order valence-corrected chi connectivity index (χ0v) is 39.6. The minimum atomic E-state index is -1.47. The van der Waals surface area contributed by atoms with Crippen molar-refractivity contribution in [2.75, 3.05) is 26.7 Å². The number of nitrogens with one attached hydrogen (secondary N) is 6. The van der Waals surface area contributed by atoms with E-state index in [1.54, 1.807) is 65.9 Å². The molecule has 7 amide bonds. The molecule has 1 aromatic rings. The second-order valence-corrected chi connectivity index (χ2v) is 18.4. The van der Waals surface area contributed by atoms with Crippen molar-refractivity contribution < 1.29 is 47.8 Å². The molecule has 2 fully saturated rings. The zero-order valence-electron chi connectivity index (χ0n) is 39.6. The van der Waals surface area contributed by atoms with E-state index in [9.17, 15) is 33.6 Å². The van der Waals surface area contributed by atoms with Crippen LogP contribution in [0.3, 0.4) is 0 Å². The van der Waals surface area contributed by atoms with Crippen molar-refractivity contribution in [2.45, 2.75) is 180 Å². The van der Waals surface area contributed by atoms with Crippen LogP contribution in [0.2, 0.25) is 0 Å². The summed E-state index contributed by atoms with van der Waals surface area (Å²) in [5.74, 6) is -3.92. The second kappa shape index (κ2) is 27.4. The number of hydrogen-bond donors (Lipinski definition) is 6. The summed E-state index contributed by atoms with van der Waals surface area (Å²) in [5, 5.41) is 16.4. The van der Waals surface area contributed by atoms with Crippen LogP contribution in [0.5, 0.6) is 0 Å². The Balaban J connectivity index is 2.06. The molecule has 3 rings (SSSR count). The molecule has 360 valence electrons. The summed E-state index contributed by atoms with van der Waals surface area (Å²) < 4.78 is 17.2. The lowest BCUT2D eigenvalue weighted by Gasteiger charge is -2.34. The van der Waals surface area contributed by atoms with Crippen molar-refractivity contribution in [3.63, 3.8) is 0 Å². The molecule has 0 unspecified atom stereocenters. The van der Waals surface area contributed by atoms with Gasteiger partial charge in [-0.2, -0.15) is 0 Å². The summed E-state index contributed by atoms with van der Waals surface area (Å²) in [5.41, 5.74) is -0.131. The van der Waals surface area contributed by atoms with E-state index in [2.05, 4.69) is 38.8 Å². The fraction of sp³-hybridized carbons (Fsp3) is 0.723. The minimum absolute atomic E-state index is 0.0131. The Kier molecular flexibility index (Phi) is 22.9. The van der Waals surface area contributed by atoms with Gasteiger partial charge in [0.05, 0.1) is 31.7 Å². The average molecular weight is 900 g/mol. The first kappa shape index (κ1) is 53.4. The number of unbranched alkanes of at least 4 members (excludes halogenated alkanes) is 3. The Labute approximate surface area is 380 Å². The van der Waals surface area contributed by atoms with Crippen LogP contribution < -0.4 is 31.9 Å². The number of likely N-dealkylation sites (N-methyl/N-ethyl adjacent to an activating group) is 1. The van der Waals surface area contributed by atoms with Gasteiger partial charge in [0, 0.05) is 13.1 Å². The highest BCUT2D eigenvalue weighted by Crippen LogP contribution is 2.27. The van der Waals surface area contributed by atoms with Gasteiger partial charge in [0.15, 0.2) is 0 Å². The molecule has 1 heterocycles. The van der Waals surface area contributed by atoms with Gasteiger partial charge in [-0.15, -0.1) is 0 Å². The zero-order chi connectivity index (χ0) is 47.2. The number of nitrogens with zero attached hydrogens (tertiary/aromatic N) is 1. The highest BCUT2D eigenvalue weighted by atomic mass is 16.6. The van der Waals surface area contributed by atoms with Crippen LogP contribution in [0.1, 0.15) is 138 Å². The Hall–Kier alpha value is -4.93. The standard InChI is InChI=1S/C47H77N7O10/c1-9-11-12-20-26-38-32(4)44(59)54(8)37(21-10-2)42(57)53-39(34-24-18-13-14-19-25-34)43(58)52-36(28-49-46(61)64-47(5,6)7)41(56)51-35(40(55)50-31(3)29-62-38)27-48-45(60)63-30-33-22-16-15-17-23-33/h15-17,22-23,31-32,34-39H,9-14,18-21,24-30H2,1-8H3,(H,48,60)(H,49,61)(H,50,55)(H,51,56)(H,52,58)(H,53,57)/t31-,32-,35+,36+,37+,38-,39+/m1/s1. The number of benzene rings is 1. The van der Waals surface area contributed by atoms with Crippen molar-refractivity contribution in [1.29, 1.82) is 0 Å². The Morgan fingerprint density at radius 3 is 1.97 bits per heavy atom. The first-order valence-electron chi connectivity index (χ1n) is 23.4. The first-order chi connectivity index (χ1) is 30.4. The van der Waals surface area contributed by atoms with E-state index >= 15 is 0 Å². The Morgan fingerprint density at radius 1 is 0.750 bits per heavy atom. The van der Waals surface area contributed by atoms with Crippen molar-refractivity contribution in [2.24, 2.45) is 11.8 Å². The maximum Gasteiger partial charge on any atom is 0.407 e. The molecule has 1 aliphatic heterocycles. The normalized spacial score (nSPS) is 25.2. The van der Waals surface area contributed by atoms with Gasteiger partial charge in [0.1, 0.15) is 36.4 Å². The summed E-state index contributed by atoms with van der Waals surface area (Å²) >= 11 is 0. The molecule has 0 spiro atoms. The van der Waals surface area contributed by atoms with Crippen LogP contribution in [0.4, 0.5) is 9.59 Å². The SMILES string of the molecule is CCCCCC[C@H]1OC[C@@H](C)NC(=O)[C@H](CNC(=O)OCc2ccccc2)NC(=O)[C@H](CNC(=O)OC(C)(C)C)NC(=O)[C@H](C2CCCCCC2)NC(=O)[C@H](CCC)N(C)C(=O)[C@@H]1C. The number of amides is 7. The average Bonchev–Trinajstić information content (AvgIpc) is 3.54. The van der Waals surface area contributed by atoms with Crippen molar-refractivity contribution >= 4 is 41.7 Å². The number of ether oxygens (including phenoxy) is 3. The van der Waals surface area contributed by atoms with E-state index < -0.39 is 96.7 Å². The van der Waals surface area contributed by atoms with E-state index in [0.717, 1.165) is 56.9 Å². The van der Waals surface area contributed by atoms with E-state index in [4.69, 9.17) is 14.2 Å². The molecule has 1 aliphatic carbocycles. The van der Waals surface area contributed by atoms with Crippen LogP contribution >= 0.6 is 0 Å². The fourth-order valence-corrected chi connectivity index (χ4v) is 8.01. The lowest BCUT2D eigenvalue weighted by Crippen LogP contribution is -2.63. The van der Waals surface area contributed by atoms with E-state index in [1.807, 2.05) is 13.0 Å². The van der Waals surface area contributed by atoms with Gasteiger partial charge in [-0.05, 0) is 64.9 Å². The van der Waals surface area contributed by atoms with Crippen molar-refractivity contribution in [3.8, 4) is 0 Å². The van der Waals surface area contributed by atoms with Crippen LogP contribution in [0.15, 0.2) is 30.3 Å². The van der Waals surface area contributed by atoms with Crippen LogP contribution in [-0.2, 0) is 44.8 Å². The summed E-state index contributed by atoms with van der Waals surface area (Å²) in [4.78, 5) is 98.9. The van der Waals surface area contributed by atoms with Crippen molar-refractivity contribution in [1.82, 2.24) is 36.8 Å². The molecule has 7 atom stereocenters. The van der Waals surface area contributed by atoms with E-state index in [0.29, 0.717) is 32.1 Å². The number of hydrogen-bond acceptors (Lipinski definition) is 10. The predicted molar refractivity (Wildman–Crippen MR) is 243 cm³/mol. The molecule has 64 heavy (non-hydrogen) atoms. The van der Waals surface area contributed by atoms with Crippen LogP contribution in [0, 0.1) is 11.8 Å². The van der Waals surface area contributed by atoms with Gasteiger partial charge >= 0.3 is 12.2 Å². The maximum atomic E-state index is 14.6. The lowest BCUT2D eigenvalue weighted by molar-refractivity contribution is -0.147.